The summed E-state index contributed by atoms with van der Waals surface area (Å²) in [6, 6.07) is 42.5. The second kappa shape index (κ2) is 23.4. The molecule has 0 saturated carbocycles. The summed E-state index contributed by atoms with van der Waals surface area (Å²) in [5.74, 6) is -3.04. The molecule has 14 heteroatoms. The van der Waals surface area contributed by atoms with Crippen LogP contribution in [0.15, 0.2) is 158 Å². The SMILES string of the molecule is CC(C)c1c(C(=O)Nc2ccccc2)c(-c2ccccc2)c(-c2ccc(F)cc2)n1CC[C@@H](O)C[C@@H](O)CC(=O)O.O=C1[C@H](CC[C@H](O)c2ccc(F)cc2)[C@@H](c2ccc(O)cc2)N1c1ccc(F)cc1. The second-order valence-corrected chi connectivity index (χ2v) is 17.9. The van der Waals surface area contributed by atoms with E-state index in [1.165, 1.54) is 48.5 Å². The van der Waals surface area contributed by atoms with E-state index in [1.54, 1.807) is 53.4 Å². The molecule has 11 nitrogen and oxygen atoms in total. The number of phenols is 1. The van der Waals surface area contributed by atoms with Crippen LogP contribution in [0.4, 0.5) is 24.5 Å². The van der Waals surface area contributed by atoms with Crippen molar-refractivity contribution in [1.29, 1.82) is 0 Å². The van der Waals surface area contributed by atoms with Crippen LogP contribution in [0.1, 0.15) is 91.2 Å². The summed E-state index contributed by atoms with van der Waals surface area (Å²) in [4.78, 5) is 39.6. The number of aromatic hydroxyl groups is 1. The number of aliphatic hydroxyl groups excluding tert-OH is 3. The van der Waals surface area contributed by atoms with Gasteiger partial charge in [0.15, 0.2) is 0 Å². The molecule has 71 heavy (non-hydrogen) atoms. The number of carbonyl (C=O) groups is 3. The van der Waals surface area contributed by atoms with Gasteiger partial charge in [-0.3, -0.25) is 14.4 Å². The number of anilines is 2. The van der Waals surface area contributed by atoms with Crippen LogP contribution in [0.5, 0.6) is 5.75 Å². The molecule has 5 atom stereocenters. The van der Waals surface area contributed by atoms with Gasteiger partial charge in [0.25, 0.3) is 5.91 Å². The predicted octanol–water partition coefficient (Wildman–Crippen LogP) is 11.2. The Labute approximate surface area is 410 Å². The largest absolute Gasteiger partial charge is 0.508 e. The molecule has 7 aromatic rings. The van der Waals surface area contributed by atoms with Gasteiger partial charge in [-0.25, -0.2) is 13.2 Å². The number of hydrogen-bond donors (Lipinski definition) is 6. The molecule has 0 bridgehead atoms. The van der Waals surface area contributed by atoms with Crippen molar-refractivity contribution in [3.8, 4) is 28.1 Å². The third-order valence-corrected chi connectivity index (χ3v) is 12.5. The Kier molecular flexibility index (Phi) is 16.9. The zero-order valence-corrected chi connectivity index (χ0v) is 39.2. The molecule has 6 aromatic carbocycles. The molecule has 2 heterocycles. The Balaban J connectivity index is 0.000000219. The summed E-state index contributed by atoms with van der Waals surface area (Å²) >= 11 is 0. The Hall–Kier alpha value is -7.52. The van der Waals surface area contributed by atoms with Gasteiger partial charge in [-0.05, 0) is 139 Å². The normalized spacial score (nSPS) is 15.6. The molecule has 1 aliphatic rings. The molecular weight excluding hydrogens is 912 g/mol. The Morgan fingerprint density at radius 3 is 1.82 bits per heavy atom. The lowest BCUT2D eigenvalue weighted by Crippen LogP contribution is -2.55. The molecule has 1 fully saturated rings. The average Bonchev–Trinajstić information content (AvgIpc) is 3.70. The molecule has 1 saturated heterocycles. The quantitative estimate of drug-likeness (QED) is 0.0461. The van der Waals surface area contributed by atoms with Gasteiger partial charge in [-0.15, -0.1) is 0 Å². The lowest BCUT2D eigenvalue weighted by Gasteiger charge is -2.48. The fourth-order valence-electron chi connectivity index (χ4n) is 9.16. The summed E-state index contributed by atoms with van der Waals surface area (Å²) in [6.45, 7) is 4.25. The van der Waals surface area contributed by atoms with E-state index in [1.807, 2.05) is 79.1 Å². The van der Waals surface area contributed by atoms with Crippen molar-refractivity contribution in [3.63, 3.8) is 0 Å². The van der Waals surface area contributed by atoms with Crippen molar-refractivity contribution in [3.05, 3.63) is 198 Å². The molecule has 0 unspecified atom stereocenters. The van der Waals surface area contributed by atoms with Crippen LogP contribution in [0, 0.1) is 23.4 Å². The van der Waals surface area contributed by atoms with E-state index in [4.69, 9.17) is 5.11 Å². The molecule has 1 aliphatic heterocycles. The maximum Gasteiger partial charge on any atom is 0.305 e. The predicted molar refractivity (Wildman–Crippen MR) is 266 cm³/mol. The number of halogens is 3. The molecule has 6 N–H and O–H groups in total. The van der Waals surface area contributed by atoms with Crippen LogP contribution in [-0.2, 0) is 16.1 Å². The summed E-state index contributed by atoms with van der Waals surface area (Å²) in [6.07, 6.45) is -2.54. The summed E-state index contributed by atoms with van der Waals surface area (Å²) in [5, 5.41) is 52.8. The number of aliphatic carboxylic acids is 1. The van der Waals surface area contributed by atoms with Gasteiger partial charge in [-0.2, -0.15) is 0 Å². The first kappa shape index (κ1) is 51.3. The molecule has 0 spiro atoms. The number of carboxylic acids is 1. The average molecular weight is 968 g/mol. The third-order valence-electron chi connectivity index (χ3n) is 12.5. The number of β-lactam (4-membered cyclic amide) rings is 1. The fourth-order valence-corrected chi connectivity index (χ4v) is 9.16. The van der Waals surface area contributed by atoms with E-state index < -0.39 is 30.7 Å². The van der Waals surface area contributed by atoms with Crippen molar-refractivity contribution in [2.24, 2.45) is 5.92 Å². The lowest BCUT2D eigenvalue weighted by atomic mass is 9.78. The summed E-state index contributed by atoms with van der Waals surface area (Å²) in [5.41, 5.74) is 6.81. The zero-order valence-electron chi connectivity index (χ0n) is 39.2. The number of rotatable bonds is 18. The first-order valence-electron chi connectivity index (χ1n) is 23.4. The van der Waals surface area contributed by atoms with Gasteiger partial charge in [0.05, 0.1) is 47.9 Å². The molecule has 8 rings (SSSR count). The number of nitrogens with one attached hydrogen (secondary N) is 1. The number of carboxylic acid groups (broad SMARTS) is 1. The molecule has 0 radical (unpaired) electrons. The number of aromatic nitrogens is 1. The van der Waals surface area contributed by atoms with E-state index in [-0.39, 0.29) is 72.3 Å². The van der Waals surface area contributed by atoms with E-state index in [9.17, 15) is 48.0 Å². The first-order valence-corrected chi connectivity index (χ1v) is 23.4. The van der Waals surface area contributed by atoms with Crippen molar-refractivity contribution >= 4 is 29.2 Å². The van der Waals surface area contributed by atoms with Gasteiger partial charge < -0.3 is 40.3 Å². The number of amides is 2. The first-order chi connectivity index (χ1) is 34.1. The minimum absolute atomic E-state index is 0.0939. The molecule has 2 amide bonds. The van der Waals surface area contributed by atoms with Crippen LogP contribution in [0.3, 0.4) is 0 Å². The van der Waals surface area contributed by atoms with Crippen molar-refractivity contribution in [1.82, 2.24) is 4.57 Å². The number of hydrogen-bond acceptors (Lipinski definition) is 7. The highest BCUT2D eigenvalue weighted by Gasteiger charge is 2.48. The van der Waals surface area contributed by atoms with Crippen LogP contribution in [0.2, 0.25) is 0 Å². The molecule has 0 aliphatic carbocycles. The number of aliphatic hydroxyl groups is 3. The molecule has 368 valence electrons. The maximum absolute atomic E-state index is 14.0. The van der Waals surface area contributed by atoms with Crippen molar-refractivity contribution < 1.29 is 53.1 Å². The van der Waals surface area contributed by atoms with Gasteiger partial charge >= 0.3 is 5.97 Å². The Morgan fingerprint density at radius 1 is 0.676 bits per heavy atom. The van der Waals surface area contributed by atoms with Crippen LogP contribution in [-0.4, -0.2) is 60.1 Å². The van der Waals surface area contributed by atoms with Gasteiger partial charge in [0.2, 0.25) is 5.91 Å². The smallest absolute Gasteiger partial charge is 0.305 e. The fraction of sp³-hybridized carbons (Fsp3) is 0.246. The minimum atomic E-state index is -1.18. The summed E-state index contributed by atoms with van der Waals surface area (Å²) in [7, 11) is 0. The van der Waals surface area contributed by atoms with Crippen molar-refractivity contribution in [2.45, 2.75) is 82.8 Å². The van der Waals surface area contributed by atoms with Gasteiger partial charge in [0, 0.05) is 29.2 Å². The topological polar surface area (TPSA) is 173 Å². The van der Waals surface area contributed by atoms with Crippen LogP contribution >= 0.6 is 0 Å². The van der Waals surface area contributed by atoms with Gasteiger partial charge in [0.1, 0.15) is 23.2 Å². The minimum Gasteiger partial charge on any atom is -0.508 e. The number of phenolic OH excluding ortho intramolecular Hbond substituents is 1. The molecule has 1 aromatic heterocycles. The monoisotopic (exact) mass is 967 g/mol. The lowest BCUT2D eigenvalue weighted by molar-refractivity contribution is -0.139. The van der Waals surface area contributed by atoms with E-state index in [0.717, 1.165) is 16.8 Å². The van der Waals surface area contributed by atoms with Crippen LogP contribution < -0.4 is 10.2 Å². The van der Waals surface area contributed by atoms with Crippen molar-refractivity contribution in [2.75, 3.05) is 10.2 Å². The summed E-state index contributed by atoms with van der Waals surface area (Å²) < 4.78 is 42.4. The number of carbonyl (C=O) groups excluding carboxylic acids is 2. The number of nitrogens with zero attached hydrogens (tertiary/aromatic N) is 2. The highest BCUT2D eigenvalue weighted by molar-refractivity contribution is 6.12. The third kappa shape index (κ3) is 12.6. The van der Waals surface area contributed by atoms with E-state index >= 15 is 0 Å². The Morgan fingerprint density at radius 2 is 1.24 bits per heavy atom. The van der Waals surface area contributed by atoms with Gasteiger partial charge in [-0.1, -0.05) is 86.6 Å². The van der Waals surface area contributed by atoms with E-state index in [0.29, 0.717) is 52.2 Å². The second-order valence-electron chi connectivity index (χ2n) is 17.9. The highest BCUT2D eigenvalue weighted by Crippen LogP contribution is 2.47. The van der Waals surface area contributed by atoms with Crippen LogP contribution in [0.25, 0.3) is 22.4 Å². The molecular formula is C57H56F3N3O8. The number of benzene rings is 6. The highest BCUT2D eigenvalue weighted by atomic mass is 19.1. The number of para-hydroxylation sites is 1. The Bertz CT molecular complexity index is 2880. The van der Waals surface area contributed by atoms with E-state index in [2.05, 4.69) is 5.32 Å². The maximum atomic E-state index is 14.0. The zero-order chi connectivity index (χ0) is 50.8. The standard InChI is InChI=1S/C33H35FN2O5.C24H21F2NO3/c1-21(2)31-30(33(41)35-25-11-7-4-8-12-25)29(22-9-5-3-6-10-22)32(23-13-15-24(34)16-14-23)36(31)18-17-26(37)19-27(38)20-28(39)40;25-17-5-1-15(2-6-17)22(29)14-13-21-23(16-3-11-20(28)12-4-16)27(24(21)30)19-9-7-18(26)8-10-19/h3-16,21,26-27,37-38H,17-20H2,1-2H3,(H,35,41)(H,39,40);1-12,21-23,28-29H,13-14H2/t26-,27-;21-,22+,23-/m11/s1.